The molecule has 0 aromatic heterocycles. The smallest absolute Gasteiger partial charge is 0.329 e. The third-order valence-corrected chi connectivity index (χ3v) is 2.91. The molecule has 0 aliphatic carbocycles. The maximum atomic E-state index is 13.2. The van der Waals surface area contributed by atoms with Crippen molar-refractivity contribution in [2.24, 2.45) is 0 Å². The quantitative estimate of drug-likeness (QED) is 0.815. The van der Waals surface area contributed by atoms with Crippen LogP contribution in [-0.4, -0.2) is 31.3 Å². The molecule has 1 aromatic rings. The zero-order valence-corrected chi connectivity index (χ0v) is 12.6. The third-order valence-electron chi connectivity index (χ3n) is 2.91. The van der Waals surface area contributed by atoms with Gasteiger partial charge in [0, 0.05) is 12.1 Å². The van der Waals surface area contributed by atoms with Crippen molar-refractivity contribution in [2.75, 3.05) is 13.7 Å². The van der Waals surface area contributed by atoms with Gasteiger partial charge < -0.3 is 9.47 Å². The minimum absolute atomic E-state index is 0.0577. The summed E-state index contributed by atoms with van der Waals surface area (Å²) >= 11 is 0. The van der Waals surface area contributed by atoms with E-state index >= 15 is 0 Å². The Bertz CT molecular complexity index is 476. The minimum Gasteiger partial charge on any atom is -0.491 e. The normalized spacial score (nSPS) is 13.9. The Hall–Kier alpha value is -1.62. The summed E-state index contributed by atoms with van der Waals surface area (Å²) in [4.78, 5) is 11.9. The molecule has 1 unspecified atom stereocenters. The first-order valence-corrected chi connectivity index (χ1v) is 6.53. The van der Waals surface area contributed by atoms with Gasteiger partial charge >= 0.3 is 5.97 Å². The molecule has 1 N–H and O–H groups in total. The number of esters is 1. The van der Waals surface area contributed by atoms with E-state index in [4.69, 9.17) is 9.47 Å². The van der Waals surface area contributed by atoms with Gasteiger partial charge in [-0.05, 0) is 39.3 Å². The summed E-state index contributed by atoms with van der Waals surface area (Å²) in [6, 6.07) is 4.39. The minimum atomic E-state index is -0.984. The highest BCUT2D eigenvalue weighted by Gasteiger charge is 2.36. The first-order valence-electron chi connectivity index (χ1n) is 6.53. The molecule has 0 spiro atoms. The predicted octanol–water partition coefficient (Wildman–Crippen LogP) is 2.44. The fourth-order valence-electron chi connectivity index (χ4n) is 1.97. The number of aryl methyl sites for hydroxylation is 1. The second-order valence-corrected chi connectivity index (χ2v) is 5.32. The number of hydrogen-bond donors (Lipinski definition) is 1. The van der Waals surface area contributed by atoms with E-state index < -0.39 is 11.5 Å². The molecular weight excluding hydrogens is 261 g/mol. The molecule has 20 heavy (non-hydrogen) atoms. The first kappa shape index (κ1) is 16.4. The maximum absolute atomic E-state index is 13.2. The van der Waals surface area contributed by atoms with E-state index in [9.17, 15) is 9.18 Å². The Morgan fingerprint density at radius 3 is 2.65 bits per heavy atom. The van der Waals surface area contributed by atoms with Gasteiger partial charge in [0.2, 0.25) is 0 Å². The monoisotopic (exact) mass is 283 g/mol. The van der Waals surface area contributed by atoms with Crippen LogP contribution < -0.4 is 10.1 Å². The fourth-order valence-corrected chi connectivity index (χ4v) is 1.97. The van der Waals surface area contributed by atoms with Crippen LogP contribution in [0, 0.1) is 12.7 Å². The lowest BCUT2D eigenvalue weighted by atomic mass is 10.0. The van der Waals surface area contributed by atoms with Crippen LogP contribution in [0.1, 0.15) is 26.3 Å². The van der Waals surface area contributed by atoms with Crippen LogP contribution in [0.25, 0.3) is 0 Å². The number of methoxy groups -OCH3 is 1. The zero-order valence-electron chi connectivity index (χ0n) is 12.6. The molecule has 5 heteroatoms. The number of halogens is 1. The van der Waals surface area contributed by atoms with Gasteiger partial charge in [0.05, 0.1) is 7.11 Å². The van der Waals surface area contributed by atoms with Crippen LogP contribution in [0.5, 0.6) is 5.75 Å². The van der Waals surface area contributed by atoms with E-state index in [1.54, 1.807) is 13.0 Å². The number of rotatable bonds is 6. The Balaban J connectivity index is 2.86. The number of hydrogen-bond acceptors (Lipinski definition) is 4. The molecule has 0 saturated heterocycles. The molecule has 0 fully saturated rings. The van der Waals surface area contributed by atoms with Crippen LogP contribution in [0.2, 0.25) is 0 Å². The van der Waals surface area contributed by atoms with Crippen LogP contribution in [0.3, 0.4) is 0 Å². The summed E-state index contributed by atoms with van der Waals surface area (Å²) in [5.74, 6) is -0.367. The Labute approximate surface area is 119 Å². The highest BCUT2D eigenvalue weighted by molar-refractivity contribution is 5.80. The summed E-state index contributed by atoms with van der Waals surface area (Å²) in [6.45, 7) is 7.43. The molecule has 112 valence electrons. The van der Waals surface area contributed by atoms with Gasteiger partial charge in [0.15, 0.2) is 0 Å². The highest BCUT2D eigenvalue weighted by Crippen LogP contribution is 2.20. The highest BCUT2D eigenvalue weighted by atomic mass is 19.1. The van der Waals surface area contributed by atoms with Crippen LogP contribution in [0.4, 0.5) is 4.39 Å². The number of carbonyl (C=O) groups is 1. The van der Waals surface area contributed by atoms with E-state index in [1.807, 2.05) is 20.8 Å². The largest absolute Gasteiger partial charge is 0.491 e. The second-order valence-electron chi connectivity index (χ2n) is 5.32. The molecule has 4 nitrogen and oxygen atoms in total. The van der Waals surface area contributed by atoms with Crippen molar-refractivity contribution in [1.82, 2.24) is 5.32 Å². The second kappa shape index (κ2) is 6.70. The molecular formula is C15H22FNO3. The average molecular weight is 283 g/mol. The van der Waals surface area contributed by atoms with Crippen molar-refractivity contribution in [3.63, 3.8) is 0 Å². The molecule has 0 heterocycles. The van der Waals surface area contributed by atoms with E-state index in [1.165, 1.54) is 19.2 Å². The lowest BCUT2D eigenvalue weighted by molar-refractivity contribution is -0.149. The van der Waals surface area contributed by atoms with Gasteiger partial charge in [-0.1, -0.05) is 6.07 Å². The Morgan fingerprint density at radius 2 is 2.10 bits per heavy atom. The van der Waals surface area contributed by atoms with Gasteiger partial charge in [-0.15, -0.1) is 0 Å². The van der Waals surface area contributed by atoms with Gasteiger partial charge in [0.1, 0.15) is 23.7 Å². The van der Waals surface area contributed by atoms with Gasteiger partial charge in [-0.2, -0.15) is 0 Å². The van der Waals surface area contributed by atoms with Gasteiger partial charge in [-0.25, -0.2) is 9.18 Å². The van der Waals surface area contributed by atoms with Crippen molar-refractivity contribution >= 4 is 5.97 Å². The number of carbonyl (C=O) groups excluding carboxylic acids is 1. The van der Waals surface area contributed by atoms with Crippen molar-refractivity contribution in [1.29, 1.82) is 0 Å². The van der Waals surface area contributed by atoms with Gasteiger partial charge in [-0.3, -0.25) is 5.32 Å². The molecule has 0 saturated carbocycles. The van der Waals surface area contributed by atoms with E-state index in [-0.39, 0.29) is 18.5 Å². The molecule has 1 atom stereocenters. The van der Waals surface area contributed by atoms with Crippen molar-refractivity contribution in [2.45, 2.75) is 39.3 Å². The molecule has 0 aliphatic rings. The topological polar surface area (TPSA) is 47.6 Å². The molecule has 0 aliphatic heterocycles. The SMILES string of the molecule is COC(=O)C(C)(COc1cc(F)ccc1C)NC(C)C. The maximum Gasteiger partial charge on any atom is 0.329 e. The molecule has 1 rings (SSSR count). The van der Waals surface area contributed by atoms with E-state index in [2.05, 4.69) is 5.32 Å². The Morgan fingerprint density at radius 1 is 1.45 bits per heavy atom. The molecule has 1 aromatic carbocycles. The summed E-state index contributed by atoms with van der Waals surface area (Å²) in [7, 11) is 1.33. The van der Waals surface area contributed by atoms with Crippen molar-refractivity contribution < 1.29 is 18.7 Å². The third kappa shape index (κ3) is 4.20. The predicted molar refractivity (Wildman–Crippen MR) is 75.3 cm³/mol. The van der Waals surface area contributed by atoms with Crippen LogP contribution in [-0.2, 0) is 9.53 Å². The first-order chi connectivity index (χ1) is 9.28. The lowest BCUT2D eigenvalue weighted by Gasteiger charge is -2.30. The molecule has 0 amide bonds. The summed E-state index contributed by atoms with van der Waals surface area (Å²) in [5, 5.41) is 3.12. The number of benzene rings is 1. The lowest BCUT2D eigenvalue weighted by Crippen LogP contribution is -2.56. The summed E-state index contributed by atoms with van der Waals surface area (Å²) in [6.07, 6.45) is 0. The van der Waals surface area contributed by atoms with Gasteiger partial charge in [0.25, 0.3) is 0 Å². The molecule has 0 radical (unpaired) electrons. The van der Waals surface area contributed by atoms with Crippen molar-refractivity contribution in [3.05, 3.63) is 29.6 Å². The summed E-state index contributed by atoms with van der Waals surface area (Å²) < 4.78 is 23.6. The summed E-state index contributed by atoms with van der Waals surface area (Å²) in [5.41, 5.74) is -0.176. The van der Waals surface area contributed by atoms with E-state index in [0.717, 1.165) is 5.56 Å². The van der Waals surface area contributed by atoms with Crippen LogP contribution >= 0.6 is 0 Å². The molecule has 0 bridgehead atoms. The van der Waals surface area contributed by atoms with E-state index in [0.29, 0.717) is 5.75 Å². The van der Waals surface area contributed by atoms with Crippen LogP contribution in [0.15, 0.2) is 18.2 Å². The standard InChI is InChI=1S/C15H22FNO3/c1-10(2)17-15(4,14(18)19-5)9-20-13-8-12(16)7-6-11(13)3/h6-8,10,17H,9H2,1-5H3. The average Bonchev–Trinajstić information content (AvgIpc) is 2.38. The number of ether oxygens (including phenoxy) is 2. The zero-order chi connectivity index (χ0) is 15.3. The number of nitrogens with one attached hydrogen (secondary N) is 1. The Kier molecular flexibility index (Phi) is 5.51. The van der Waals surface area contributed by atoms with Crippen molar-refractivity contribution in [3.8, 4) is 5.75 Å². The fraction of sp³-hybridized carbons (Fsp3) is 0.533.